The molecule has 5 nitrogen and oxygen atoms in total. The van der Waals surface area contributed by atoms with Gasteiger partial charge in [-0.1, -0.05) is 32.6 Å². The minimum Gasteiger partial charge on any atom is -0.396 e. The first-order chi connectivity index (χ1) is 10.3. The number of carbonyl (C=O) groups excluding carboxylic acids is 1. The Balaban J connectivity index is 2.76. The highest BCUT2D eigenvalue weighted by Crippen LogP contribution is 2.37. The summed E-state index contributed by atoms with van der Waals surface area (Å²) < 4.78 is 0. The van der Waals surface area contributed by atoms with E-state index in [-0.39, 0.29) is 18.2 Å². The highest BCUT2D eigenvalue weighted by Gasteiger charge is 2.39. The molecule has 1 atom stereocenters. The number of urea groups is 1. The number of rotatable bonds is 7. The number of hydrogen-bond donors (Lipinski definition) is 3. The maximum atomic E-state index is 12.3. The lowest BCUT2D eigenvalue weighted by molar-refractivity contribution is -0.0553. The molecule has 0 aliphatic heterocycles. The van der Waals surface area contributed by atoms with Gasteiger partial charge < -0.3 is 10.4 Å². The lowest BCUT2D eigenvalue weighted by Gasteiger charge is -2.43. The lowest BCUT2D eigenvalue weighted by atomic mass is 9.71. The molecule has 22 heavy (non-hydrogen) atoms. The third kappa shape index (κ3) is 6.13. The first-order valence-corrected chi connectivity index (χ1v) is 8.70. The SMILES string of the molecule is CCC[C@@](CCO)(NC(=O)NOC(C)(C)C)C1CCCCC1. The molecule has 0 bridgehead atoms. The minimum absolute atomic E-state index is 0.0942. The molecular formula is C17H34N2O3. The number of hydroxylamine groups is 1. The van der Waals surface area contributed by atoms with Crippen molar-refractivity contribution in [1.82, 2.24) is 10.8 Å². The van der Waals surface area contributed by atoms with E-state index < -0.39 is 5.60 Å². The van der Waals surface area contributed by atoms with Crippen LogP contribution >= 0.6 is 0 Å². The second-order valence-corrected chi connectivity index (χ2v) is 7.49. The van der Waals surface area contributed by atoms with Gasteiger partial charge in [0, 0.05) is 12.1 Å². The van der Waals surface area contributed by atoms with Gasteiger partial charge in [0.2, 0.25) is 0 Å². The largest absolute Gasteiger partial charge is 0.396 e. The summed E-state index contributed by atoms with van der Waals surface area (Å²) in [5.41, 5.74) is 1.75. The van der Waals surface area contributed by atoms with Crippen molar-refractivity contribution in [2.45, 2.75) is 90.2 Å². The van der Waals surface area contributed by atoms with Crippen LogP contribution in [0.1, 0.15) is 79.1 Å². The zero-order chi connectivity index (χ0) is 16.6. The van der Waals surface area contributed by atoms with Gasteiger partial charge in [0.25, 0.3) is 0 Å². The van der Waals surface area contributed by atoms with E-state index in [0.29, 0.717) is 12.3 Å². The summed E-state index contributed by atoms with van der Waals surface area (Å²) in [4.78, 5) is 17.6. The molecule has 0 aromatic rings. The Morgan fingerprint density at radius 2 is 1.82 bits per heavy atom. The van der Waals surface area contributed by atoms with Crippen LogP contribution in [0.4, 0.5) is 4.79 Å². The van der Waals surface area contributed by atoms with E-state index in [1.165, 1.54) is 19.3 Å². The standard InChI is InChI=1S/C17H34N2O3/c1-5-11-17(12-13-20,14-9-7-6-8-10-14)18-15(21)19-22-16(2,3)4/h14,20H,5-13H2,1-4H3,(H2,18,19,21)/t17-/m0/s1. The fourth-order valence-electron chi connectivity index (χ4n) is 3.51. The Bertz CT molecular complexity index is 327. The molecule has 1 aliphatic carbocycles. The number of aliphatic hydroxyl groups is 1. The van der Waals surface area contributed by atoms with Crippen molar-refractivity contribution in [3.8, 4) is 0 Å². The summed E-state index contributed by atoms with van der Waals surface area (Å²) in [5, 5.41) is 12.7. The predicted molar refractivity (Wildman–Crippen MR) is 88.4 cm³/mol. The molecule has 5 heteroatoms. The summed E-state index contributed by atoms with van der Waals surface area (Å²) in [6.45, 7) is 7.89. The van der Waals surface area contributed by atoms with Crippen LogP contribution in [0.2, 0.25) is 0 Å². The van der Waals surface area contributed by atoms with E-state index in [1.54, 1.807) is 0 Å². The first-order valence-electron chi connectivity index (χ1n) is 8.70. The van der Waals surface area contributed by atoms with Crippen LogP contribution in [-0.4, -0.2) is 28.9 Å². The smallest absolute Gasteiger partial charge is 0.339 e. The van der Waals surface area contributed by atoms with Crippen molar-refractivity contribution in [3.05, 3.63) is 0 Å². The first kappa shape index (κ1) is 19.2. The molecule has 2 amide bonds. The Labute approximate surface area is 135 Å². The van der Waals surface area contributed by atoms with Crippen molar-refractivity contribution in [2.75, 3.05) is 6.61 Å². The minimum atomic E-state index is -0.424. The van der Waals surface area contributed by atoms with Crippen LogP contribution in [0, 0.1) is 5.92 Å². The van der Waals surface area contributed by atoms with Crippen LogP contribution in [0.15, 0.2) is 0 Å². The Morgan fingerprint density at radius 1 is 1.18 bits per heavy atom. The summed E-state index contributed by atoms with van der Waals surface area (Å²) in [6.07, 6.45) is 8.43. The van der Waals surface area contributed by atoms with Gasteiger partial charge in [-0.2, -0.15) is 0 Å². The molecule has 1 saturated carbocycles. The van der Waals surface area contributed by atoms with Crippen molar-refractivity contribution in [3.63, 3.8) is 0 Å². The quantitative estimate of drug-likeness (QED) is 0.630. The van der Waals surface area contributed by atoms with Gasteiger partial charge in [-0.15, -0.1) is 0 Å². The van der Waals surface area contributed by atoms with Crippen molar-refractivity contribution < 1.29 is 14.7 Å². The third-order valence-corrected chi connectivity index (χ3v) is 4.45. The average molecular weight is 314 g/mol. The van der Waals surface area contributed by atoms with E-state index in [4.69, 9.17) is 4.84 Å². The fraction of sp³-hybridized carbons (Fsp3) is 0.941. The normalized spacial score (nSPS) is 19.5. The van der Waals surface area contributed by atoms with E-state index in [0.717, 1.165) is 25.7 Å². The molecule has 0 saturated heterocycles. The summed E-state index contributed by atoms with van der Waals surface area (Å²) in [7, 11) is 0. The zero-order valence-corrected chi connectivity index (χ0v) is 14.7. The van der Waals surface area contributed by atoms with Crippen LogP contribution in [0.25, 0.3) is 0 Å². The third-order valence-electron chi connectivity index (χ3n) is 4.45. The van der Waals surface area contributed by atoms with Crippen LogP contribution in [0.3, 0.4) is 0 Å². The molecular weight excluding hydrogens is 280 g/mol. The summed E-state index contributed by atoms with van der Waals surface area (Å²) in [6, 6.07) is -0.303. The molecule has 3 N–H and O–H groups in total. The lowest BCUT2D eigenvalue weighted by Crippen LogP contribution is -2.58. The Hall–Kier alpha value is -0.810. The van der Waals surface area contributed by atoms with Crippen LogP contribution in [-0.2, 0) is 4.84 Å². The van der Waals surface area contributed by atoms with Gasteiger partial charge >= 0.3 is 6.03 Å². The van der Waals surface area contributed by atoms with Crippen LogP contribution < -0.4 is 10.8 Å². The molecule has 0 aromatic carbocycles. The average Bonchev–Trinajstić information content (AvgIpc) is 2.46. The molecule has 0 radical (unpaired) electrons. The molecule has 0 spiro atoms. The van der Waals surface area contributed by atoms with Gasteiger partial charge in [-0.25, -0.2) is 10.3 Å². The van der Waals surface area contributed by atoms with Gasteiger partial charge in [-0.3, -0.25) is 4.84 Å². The van der Waals surface area contributed by atoms with Gasteiger partial charge in [0.05, 0.1) is 5.60 Å². The number of aliphatic hydroxyl groups excluding tert-OH is 1. The number of carbonyl (C=O) groups is 1. The fourth-order valence-corrected chi connectivity index (χ4v) is 3.51. The molecule has 0 heterocycles. The van der Waals surface area contributed by atoms with E-state index >= 15 is 0 Å². The monoisotopic (exact) mass is 314 g/mol. The Morgan fingerprint density at radius 3 is 2.32 bits per heavy atom. The summed E-state index contributed by atoms with van der Waals surface area (Å²) in [5.74, 6) is 0.439. The summed E-state index contributed by atoms with van der Waals surface area (Å²) >= 11 is 0. The van der Waals surface area contributed by atoms with Gasteiger partial charge in [0.15, 0.2) is 0 Å². The van der Waals surface area contributed by atoms with Crippen molar-refractivity contribution >= 4 is 6.03 Å². The molecule has 0 aromatic heterocycles. The van der Waals surface area contributed by atoms with Crippen molar-refractivity contribution in [2.24, 2.45) is 5.92 Å². The van der Waals surface area contributed by atoms with Gasteiger partial charge in [-0.05, 0) is 52.4 Å². The van der Waals surface area contributed by atoms with Gasteiger partial charge in [0.1, 0.15) is 0 Å². The molecule has 130 valence electrons. The molecule has 1 aliphatic rings. The van der Waals surface area contributed by atoms with E-state index in [1.807, 2.05) is 20.8 Å². The van der Waals surface area contributed by atoms with E-state index in [9.17, 15) is 9.90 Å². The second-order valence-electron chi connectivity index (χ2n) is 7.49. The highest BCUT2D eigenvalue weighted by molar-refractivity contribution is 5.73. The maximum absolute atomic E-state index is 12.3. The predicted octanol–water partition coefficient (Wildman–Crippen LogP) is 3.52. The highest BCUT2D eigenvalue weighted by atomic mass is 16.7. The number of amides is 2. The maximum Gasteiger partial charge on any atom is 0.339 e. The second kappa shape index (κ2) is 8.73. The topological polar surface area (TPSA) is 70.6 Å². The Kier molecular flexibility index (Phi) is 7.63. The number of nitrogens with one attached hydrogen (secondary N) is 2. The number of hydrogen-bond acceptors (Lipinski definition) is 3. The van der Waals surface area contributed by atoms with E-state index in [2.05, 4.69) is 17.7 Å². The van der Waals surface area contributed by atoms with Crippen molar-refractivity contribution in [1.29, 1.82) is 0 Å². The van der Waals surface area contributed by atoms with Crippen LogP contribution in [0.5, 0.6) is 0 Å². The molecule has 0 unspecified atom stereocenters. The zero-order valence-electron chi connectivity index (χ0n) is 14.7. The molecule has 1 fully saturated rings. The molecule has 1 rings (SSSR count).